The van der Waals surface area contributed by atoms with E-state index in [1.807, 2.05) is 37.2 Å². The standard InChI is InChI=1S/C15H23N3O/c1-12-16-14(11-13-7-5-4-6-8-13)15(19)18(12)10-9-17(2)3/h4-8,12,14,16H,9-11H2,1-3H3. The second-order valence-electron chi connectivity index (χ2n) is 5.42. The molecule has 2 atom stereocenters. The van der Waals surface area contributed by atoms with Crippen LogP contribution in [-0.2, 0) is 11.2 Å². The predicted molar refractivity (Wildman–Crippen MR) is 76.8 cm³/mol. The van der Waals surface area contributed by atoms with Gasteiger partial charge in [0.25, 0.3) is 0 Å². The Kier molecular flexibility index (Phi) is 4.56. The molecule has 1 aliphatic heterocycles. The van der Waals surface area contributed by atoms with E-state index < -0.39 is 0 Å². The minimum atomic E-state index is -0.0837. The smallest absolute Gasteiger partial charge is 0.241 e. The van der Waals surface area contributed by atoms with Gasteiger partial charge < -0.3 is 9.80 Å². The van der Waals surface area contributed by atoms with Crippen LogP contribution in [0.1, 0.15) is 12.5 Å². The fourth-order valence-corrected chi connectivity index (χ4v) is 2.45. The van der Waals surface area contributed by atoms with Crippen LogP contribution in [-0.4, -0.2) is 55.1 Å². The Morgan fingerprint density at radius 1 is 1.26 bits per heavy atom. The molecule has 4 nitrogen and oxygen atoms in total. The molecule has 104 valence electrons. The number of nitrogens with one attached hydrogen (secondary N) is 1. The van der Waals surface area contributed by atoms with Crippen molar-refractivity contribution < 1.29 is 4.79 Å². The molecule has 2 rings (SSSR count). The van der Waals surface area contributed by atoms with Crippen molar-refractivity contribution >= 4 is 5.91 Å². The van der Waals surface area contributed by atoms with Gasteiger partial charge in [-0.3, -0.25) is 10.1 Å². The SMILES string of the molecule is CC1NC(Cc2ccccc2)C(=O)N1CCN(C)C. The van der Waals surface area contributed by atoms with Gasteiger partial charge in [0.15, 0.2) is 0 Å². The van der Waals surface area contributed by atoms with E-state index in [1.165, 1.54) is 5.56 Å². The quantitative estimate of drug-likeness (QED) is 0.857. The number of carbonyl (C=O) groups is 1. The van der Waals surface area contributed by atoms with Crippen molar-refractivity contribution in [2.75, 3.05) is 27.2 Å². The third-order valence-corrected chi connectivity index (χ3v) is 3.56. The monoisotopic (exact) mass is 261 g/mol. The van der Waals surface area contributed by atoms with Gasteiger partial charge >= 0.3 is 0 Å². The van der Waals surface area contributed by atoms with E-state index >= 15 is 0 Å². The first-order valence-electron chi connectivity index (χ1n) is 6.83. The summed E-state index contributed by atoms with van der Waals surface area (Å²) in [4.78, 5) is 16.4. The van der Waals surface area contributed by atoms with Crippen molar-refractivity contribution in [2.24, 2.45) is 0 Å². The number of nitrogens with zero attached hydrogens (tertiary/aromatic N) is 2. The van der Waals surface area contributed by atoms with Crippen LogP contribution < -0.4 is 5.32 Å². The molecule has 0 saturated carbocycles. The topological polar surface area (TPSA) is 35.6 Å². The maximum atomic E-state index is 12.4. The van der Waals surface area contributed by atoms with E-state index in [0.29, 0.717) is 0 Å². The van der Waals surface area contributed by atoms with E-state index in [0.717, 1.165) is 19.5 Å². The lowest BCUT2D eigenvalue weighted by atomic mass is 10.1. The Hall–Kier alpha value is -1.39. The van der Waals surface area contributed by atoms with Gasteiger partial charge in [-0.1, -0.05) is 30.3 Å². The molecule has 1 aromatic rings. The average Bonchev–Trinajstić information content (AvgIpc) is 2.63. The summed E-state index contributed by atoms with van der Waals surface area (Å²) in [6.45, 7) is 3.74. The van der Waals surface area contributed by atoms with Gasteiger partial charge in [-0.15, -0.1) is 0 Å². The van der Waals surface area contributed by atoms with E-state index in [-0.39, 0.29) is 18.1 Å². The van der Waals surface area contributed by atoms with E-state index in [4.69, 9.17) is 0 Å². The Labute approximate surface area is 115 Å². The highest BCUT2D eigenvalue weighted by atomic mass is 16.2. The van der Waals surface area contributed by atoms with Crippen LogP contribution in [0.5, 0.6) is 0 Å². The van der Waals surface area contributed by atoms with E-state index in [2.05, 4.69) is 29.3 Å². The minimum Gasteiger partial charge on any atom is -0.325 e. The van der Waals surface area contributed by atoms with Crippen LogP contribution in [0.25, 0.3) is 0 Å². The molecular formula is C15H23N3O. The number of hydrogen-bond donors (Lipinski definition) is 1. The normalized spacial score (nSPS) is 23.4. The Bertz CT molecular complexity index is 419. The lowest BCUT2D eigenvalue weighted by Crippen LogP contribution is -2.39. The maximum absolute atomic E-state index is 12.4. The van der Waals surface area contributed by atoms with E-state index in [9.17, 15) is 4.79 Å². The molecule has 1 heterocycles. The van der Waals surface area contributed by atoms with Crippen molar-refractivity contribution in [1.29, 1.82) is 0 Å². The summed E-state index contributed by atoms with van der Waals surface area (Å²) >= 11 is 0. The summed E-state index contributed by atoms with van der Waals surface area (Å²) in [5.41, 5.74) is 1.20. The minimum absolute atomic E-state index is 0.0837. The first kappa shape index (κ1) is 14.0. The van der Waals surface area contributed by atoms with Crippen LogP contribution in [0.4, 0.5) is 0 Å². The summed E-state index contributed by atoms with van der Waals surface area (Å²) < 4.78 is 0. The first-order chi connectivity index (χ1) is 9.08. The van der Waals surface area contributed by atoms with E-state index in [1.54, 1.807) is 0 Å². The fourth-order valence-electron chi connectivity index (χ4n) is 2.45. The number of amides is 1. The number of rotatable bonds is 5. The summed E-state index contributed by atoms with van der Waals surface area (Å²) in [6.07, 6.45) is 0.892. The molecule has 0 radical (unpaired) electrons. The maximum Gasteiger partial charge on any atom is 0.241 e. The van der Waals surface area contributed by atoms with Crippen molar-refractivity contribution in [2.45, 2.75) is 25.6 Å². The van der Waals surface area contributed by atoms with Crippen LogP contribution in [0.2, 0.25) is 0 Å². The van der Waals surface area contributed by atoms with Gasteiger partial charge in [0, 0.05) is 13.1 Å². The summed E-state index contributed by atoms with van der Waals surface area (Å²) in [7, 11) is 4.06. The molecule has 4 heteroatoms. The second-order valence-corrected chi connectivity index (χ2v) is 5.42. The molecule has 1 saturated heterocycles. The Morgan fingerprint density at radius 3 is 2.58 bits per heavy atom. The molecule has 1 aromatic carbocycles. The zero-order chi connectivity index (χ0) is 13.8. The van der Waals surface area contributed by atoms with Crippen LogP contribution in [0.3, 0.4) is 0 Å². The third-order valence-electron chi connectivity index (χ3n) is 3.56. The van der Waals surface area contributed by atoms with Gasteiger partial charge in [-0.25, -0.2) is 0 Å². The lowest BCUT2D eigenvalue weighted by Gasteiger charge is -2.22. The van der Waals surface area contributed by atoms with Gasteiger partial charge in [0.05, 0.1) is 12.2 Å². The molecule has 0 spiro atoms. The molecule has 19 heavy (non-hydrogen) atoms. The highest BCUT2D eigenvalue weighted by molar-refractivity contribution is 5.84. The number of benzene rings is 1. The Balaban J connectivity index is 1.96. The molecule has 1 amide bonds. The van der Waals surface area contributed by atoms with Crippen LogP contribution >= 0.6 is 0 Å². The Morgan fingerprint density at radius 2 is 1.95 bits per heavy atom. The molecule has 0 bridgehead atoms. The number of likely N-dealkylation sites (N-methyl/N-ethyl adjacent to an activating group) is 1. The molecule has 1 fully saturated rings. The van der Waals surface area contributed by atoms with Crippen molar-refractivity contribution in [3.63, 3.8) is 0 Å². The summed E-state index contributed by atoms with van der Waals surface area (Å²) in [6, 6.07) is 10.1. The van der Waals surface area contributed by atoms with Gasteiger partial charge in [-0.2, -0.15) is 0 Å². The van der Waals surface area contributed by atoms with Gasteiger partial charge in [0.2, 0.25) is 5.91 Å². The number of carbonyl (C=O) groups excluding carboxylic acids is 1. The van der Waals surface area contributed by atoms with Crippen molar-refractivity contribution in [1.82, 2.24) is 15.1 Å². The predicted octanol–water partition coefficient (Wildman–Crippen LogP) is 0.937. The molecule has 0 aliphatic carbocycles. The number of hydrogen-bond acceptors (Lipinski definition) is 3. The second kappa shape index (κ2) is 6.17. The zero-order valence-electron chi connectivity index (χ0n) is 12.0. The highest BCUT2D eigenvalue weighted by Gasteiger charge is 2.35. The van der Waals surface area contributed by atoms with Crippen molar-refractivity contribution in [3.05, 3.63) is 35.9 Å². The molecule has 1 N–H and O–H groups in total. The average molecular weight is 261 g/mol. The largest absolute Gasteiger partial charge is 0.325 e. The van der Waals surface area contributed by atoms with Crippen LogP contribution in [0.15, 0.2) is 30.3 Å². The molecule has 1 aliphatic rings. The van der Waals surface area contributed by atoms with Gasteiger partial charge in [0.1, 0.15) is 0 Å². The molecule has 2 unspecified atom stereocenters. The summed E-state index contributed by atoms with van der Waals surface area (Å²) in [5.74, 6) is 0.221. The first-order valence-corrected chi connectivity index (χ1v) is 6.83. The summed E-state index contributed by atoms with van der Waals surface area (Å²) in [5, 5.41) is 3.38. The van der Waals surface area contributed by atoms with Crippen LogP contribution in [0, 0.1) is 0 Å². The molecular weight excluding hydrogens is 238 g/mol. The van der Waals surface area contributed by atoms with Crippen molar-refractivity contribution in [3.8, 4) is 0 Å². The lowest BCUT2D eigenvalue weighted by molar-refractivity contribution is -0.129. The third kappa shape index (κ3) is 3.55. The highest BCUT2D eigenvalue weighted by Crippen LogP contribution is 2.14. The van der Waals surface area contributed by atoms with Gasteiger partial charge in [-0.05, 0) is 33.0 Å². The molecule has 0 aromatic heterocycles. The zero-order valence-corrected chi connectivity index (χ0v) is 12.0. The fraction of sp³-hybridized carbons (Fsp3) is 0.533.